The molecule has 1 aromatic heterocycles. The van der Waals surface area contributed by atoms with Crippen LogP contribution in [0.15, 0.2) is 75.9 Å². The van der Waals surface area contributed by atoms with Crippen LogP contribution in [0.1, 0.15) is 0 Å². The second-order valence-electron chi connectivity index (χ2n) is 5.22. The molecular formula is C19H12O3. The lowest BCUT2D eigenvalue weighted by molar-refractivity contribution is 0.468. The molecule has 0 bridgehead atoms. The lowest BCUT2D eigenvalue weighted by Gasteiger charge is -2.06. The van der Waals surface area contributed by atoms with E-state index in [4.69, 9.17) is 4.42 Å². The summed E-state index contributed by atoms with van der Waals surface area (Å²) in [6.45, 7) is 0. The first-order chi connectivity index (χ1) is 10.7. The summed E-state index contributed by atoms with van der Waals surface area (Å²) in [6.07, 6.45) is 0. The Morgan fingerprint density at radius 1 is 0.773 bits per heavy atom. The van der Waals surface area contributed by atoms with E-state index in [1.165, 1.54) is 5.39 Å². The number of rotatable bonds is 1. The summed E-state index contributed by atoms with van der Waals surface area (Å²) in [6, 6.07) is 20.9. The van der Waals surface area contributed by atoms with E-state index in [0.29, 0.717) is 11.0 Å². The molecule has 3 aromatic carbocycles. The van der Waals surface area contributed by atoms with Gasteiger partial charge in [-0.25, -0.2) is 4.79 Å². The molecule has 0 atom stereocenters. The third-order valence-electron chi connectivity index (χ3n) is 3.81. The van der Waals surface area contributed by atoms with Gasteiger partial charge in [0.25, 0.3) is 0 Å². The molecule has 0 aliphatic heterocycles. The third-order valence-corrected chi connectivity index (χ3v) is 3.81. The predicted molar refractivity (Wildman–Crippen MR) is 87.1 cm³/mol. The van der Waals surface area contributed by atoms with Gasteiger partial charge in [0.2, 0.25) is 0 Å². The zero-order valence-corrected chi connectivity index (χ0v) is 11.6. The molecule has 0 saturated carbocycles. The Hall–Kier alpha value is -3.07. The monoisotopic (exact) mass is 288 g/mol. The van der Waals surface area contributed by atoms with Crippen molar-refractivity contribution in [1.82, 2.24) is 0 Å². The lowest BCUT2D eigenvalue weighted by Crippen LogP contribution is -1.95. The van der Waals surface area contributed by atoms with Crippen LogP contribution in [0, 0.1) is 0 Å². The third kappa shape index (κ3) is 2.04. The summed E-state index contributed by atoms with van der Waals surface area (Å²) in [5.74, 6) is -0.0590. The van der Waals surface area contributed by atoms with Crippen molar-refractivity contribution < 1.29 is 9.52 Å². The second-order valence-corrected chi connectivity index (χ2v) is 5.22. The molecule has 1 N–H and O–H groups in total. The summed E-state index contributed by atoms with van der Waals surface area (Å²) in [7, 11) is 0. The standard InChI is InChI=1S/C19H12O3/c20-17-11-19(21)22-18-10-15(7-8-16(17)18)14-6-5-12-3-1-2-4-13(12)9-14/h1-11,20H. The molecule has 0 unspecified atom stereocenters. The van der Waals surface area contributed by atoms with Crippen LogP contribution < -0.4 is 5.63 Å². The van der Waals surface area contributed by atoms with Gasteiger partial charge in [-0.15, -0.1) is 0 Å². The average Bonchev–Trinajstić information content (AvgIpc) is 2.53. The number of benzene rings is 3. The highest BCUT2D eigenvalue weighted by Crippen LogP contribution is 2.29. The molecule has 4 aromatic rings. The first-order valence-electron chi connectivity index (χ1n) is 6.97. The van der Waals surface area contributed by atoms with Crippen molar-refractivity contribution in [2.75, 3.05) is 0 Å². The van der Waals surface area contributed by atoms with Gasteiger partial charge in [0.1, 0.15) is 11.3 Å². The van der Waals surface area contributed by atoms with E-state index in [0.717, 1.165) is 22.6 Å². The molecule has 4 rings (SSSR count). The molecule has 22 heavy (non-hydrogen) atoms. The smallest absolute Gasteiger partial charge is 0.339 e. The Morgan fingerprint density at radius 3 is 2.36 bits per heavy atom. The summed E-state index contributed by atoms with van der Waals surface area (Å²) in [4.78, 5) is 11.4. The first kappa shape index (κ1) is 12.7. The van der Waals surface area contributed by atoms with Crippen molar-refractivity contribution in [2.24, 2.45) is 0 Å². The van der Waals surface area contributed by atoms with Gasteiger partial charge in [0.15, 0.2) is 0 Å². The van der Waals surface area contributed by atoms with Crippen LogP contribution in [0.25, 0.3) is 32.9 Å². The van der Waals surface area contributed by atoms with Gasteiger partial charge in [0.05, 0.1) is 11.5 Å². The fraction of sp³-hybridized carbons (Fsp3) is 0. The van der Waals surface area contributed by atoms with Crippen LogP contribution >= 0.6 is 0 Å². The van der Waals surface area contributed by atoms with Crippen molar-refractivity contribution in [2.45, 2.75) is 0 Å². The Morgan fingerprint density at radius 2 is 1.50 bits per heavy atom. The lowest BCUT2D eigenvalue weighted by atomic mass is 10.0. The van der Waals surface area contributed by atoms with Gasteiger partial charge in [0, 0.05) is 0 Å². The SMILES string of the molecule is O=c1cc(O)c2ccc(-c3ccc4ccccc4c3)cc2o1. The Bertz CT molecular complexity index is 1060. The second kappa shape index (κ2) is 4.74. The van der Waals surface area contributed by atoms with E-state index in [9.17, 15) is 9.90 Å². The van der Waals surface area contributed by atoms with E-state index in [1.807, 2.05) is 24.3 Å². The van der Waals surface area contributed by atoms with Crippen LogP contribution in [-0.2, 0) is 0 Å². The highest BCUT2D eigenvalue weighted by atomic mass is 16.4. The minimum absolute atomic E-state index is 0.0590. The van der Waals surface area contributed by atoms with Gasteiger partial charge >= 0.3 is 5.63 Å². The van der Waals surface area contributed by atoms with Crippen LogP contribution in [0.2, 0.25) is 0 Å². The molecule has 0 fully saturated rings. The van der Waals surface area contributed by atoms with E-state index < -0.39 is 5.63 Å². The van der Waals surface area contributed by atoms with Crippen LogP contribution in [0.4, 0.5) is 0 Å². The zero-order valence-electron chi connectivity index (χ0n) is 11.6. The number of fused-ring (bicyclic) bond motifs is 2. The summed E-state index contributed by atoms with van der Waals surface area (Å²) < 4.78 is 5.18. The summed E-state index contributed by atoms with van der Waals surface area (Å²) in [5.41, 5.74) is 1.80. The van der Waals surface area contributed by atoms with Crippen molar-refractivity contribution in [3.63, 3.8) is 0 Å². The zero-order chi connectivity index (χ0) is 15.1. The van der Waals surface area contributed by atoms with Crippen molar-refractivity contribution in [1.29, 1.82) is 0 Å². The maximum Gasteiger partial charge on any atom is 0.339 e. The molecule has 1 heterocycles. The Kier molecular flexibility index (Phi) is 2.73. The Labute approximate surface area is 126 Å². The quantitative estimate of drug-likeness (QED) is 0.531. The van der Waals surface area contributed by atoms with E-state index in [1.54, 1.807) is 12.1 Å². The van der Waals surface area contributed by atoms with Gasteiger partial charge in [-0.2, -0.15) is 0 Å². The maximum absolute atomic E-state index is 11.4. The molecule has 3 heteroatoms. The van der Waals surface area contributed by atoms with Crippen molar-refractivity contribution >= 4 is 21.7 Å². The van der Waals surface area contributed by atoms with Crippen molar-refractivity contribution in [3.8, 4) is 16.9 Å². The van der Waals surface area contributed by atoms with Crippen LogP contribution in [0.3, 0.4) is 0 Å². The van der Waals surface area contributed by atoms with Crippen molar-refractivity contribution in [3.05, 3.63) is 77.2 Å². The Balaban J connectivity index is 1.93. The topological polar surface area (TPSA) is 50.4 Å². The van der Waals surface area contributed by atoms with E-state index >= 15 is 0 Å². The van der Waals surface area contributed by atoms with Crippen LogP contribution in [-0.4, -0.2) is 5.11 Å². The first-order valence-corrected chi connectivity index (χ1v) is 6.97. The van der Waals surface area contributed by atoms with Gasteiger partial charge < -0.3 is 9.52 Å². The average molecular weight is 288 g/mol. The highest BCUT2D eigenvalue weighted by Gasteiger charge is 2.07. The molecule has 106 valence electrons. The normalized spacial score (nSPS) is 11.1. The molecule has 0 radical (unpaired) electrons. The molecule has 0 amide bonds. The minimum Gasteiger partial charge on any atom is -0.507 e. The fourth-order valence-corrected chi connectivity index (χ4v) is 2.69. The molecule has 0 aliphatic carbocycles. The van der Waals surface area contributed by atoms with Gasteiger partial charge in [-0.3, -0.25) is 0 Å². The number of hydrogen-bond acceptors (Lipinski definition) is 3. The number of hydrogen-bond donors (Lipinski definition) is 1. The largest absolute Gasteiger partial charge is 0.507 e. The molecule has 0 spiro atoms. The molecule has 3 nitrogen and oxygen atoms in total. The minimum atomic E-state index is -0.555. The van der Waals surface area contributed by atoms with Gasteiger partial charge in [-0.1, -0.05) is 42.5 Å². The van der Waals surface area contributed by atoms with Crippen LogP contribution in [0.5, 0.6) is 5.75 Å². The fourth-order valence-electron chi connectivity index (χ4n) is 2.69. The van der Waals surface area contributed by atoms with Gasteiger partial charge in [-0.05, 0) is 40.1 Å². The molecule has 0 aliphatic rings. The van der Waals surface area contributed by atoms with E-state index in [-0.39, 0.29) is 5.75 Å². The van der Waals surface area contributed by atoms with E-state index in [2.05, 4.69) is 24.3 Å². The molecule has 0 saturated heterocycles. The predicted octanol–water partition coefficient (Wildman–Crippen LogP) is 4.32. The highest BCUT2D eigenvalue weighted by molar-refractivity contribution is 5.90. The summed E-state index contributed by atoms with van der Waals surface area (Å²) in [5, 5.41) is 12.7. The summed E-state index contributed by atoms with van der Waals surface area (Å²) >= 11 is 0. The number of aromatic hydroxyl groups is 1. The maximum atomic E-state index is 11.4. The molecular weight excluding hydrogens is 276 g/mol.